The Balaban J connectivity index is 1.61. The first kappa shape index (κ1) is 16.9. The molecule has 4 amide bonds. The van der Waals surface area contributed by atoms with E-state index in [0.29, 0.717) is 17.7 Å². The first-order chi connectivity index (χ1) is 12.3. The van der Waals surface area contributed by atoms with E-state index in [0.717, 1.165) is 23.6 Å². The number of nitrogens with zero attached hydrogens (tertiary/aromatic N) is 2. The zero-order valence-electron chi connectivity index (χ0n) is 14.4. The van der Waals surface area contributed by atoms with Crippen LogP contribution in [0.1, 0.15) is 46.0 Å². The number of rotatable bonds is 3. The first-order valence-corrected chi connectivity index (χ1v) is 8.61. The summed E-state index contributed by atoms with van der Waals surface area (Å²) in [4.78, 5) is 52.3. The topological polar surface area (TPSA) is 113 Å². The van der Waals surface area contributed by atoms with Gasteiger partial charge in [-0.05, 0) is 25.0 Å². The molecule has 4 rings (SSSR count). The minimum absolute atomic E-state index is 0.111. The number of carbonyl (C=O) groups is 4. The monoisotopic (exact) mass is 356 g/mol. The van der Waals surface area contributed by atoms with Gasteiger partial charge in [-0.15, -0.1) is 0 Å². The molecule has 26 heavy (non-hydrogen) atoms. The summed E-state index contributed by atoms with van der Waals surface area (Å²) in [5.74, 6) is -1.93. The molecule has 8 nitrogen and oxygen atoms in total. The van der Waals surface area contributed by atoms with Gasteiger partial charge in [0.05, 0.1) is 11.1 Å². The molecule has 0 bridgehead atoms. The van der Waals surface area contributed by atoms with Crippen molar-refractivity contribution in [1.82, 2.24) is 15.1 Å². The molecule has 3 heterocycles. The third-order valence-corrected chi connectivity index (χ3v) is 5.12. The van der Waals surface area contributed by atoms with Crippen LogP contribution in [0.15, 0.2) is 18.2 Å². The van der Waals surface area contributed by atoms with Crippen LogP contribution in [-0.4, -0.2) is 58.1 Å². The predicted octanol–water partition coefficient (Wildman–Crippen LogP) is -0.379. The normalized spacial score (nSPS) is 25.2. The van der Waals surface area contributed by atoms with Crippen molar-refractivity contribution in [2.24, 2.45) is 5.73 Å². The number of fused-ring (bicyclic) bond motifs is 1. The summed E-state index contributed by atoms with van der Waals surface area (Å²) >= 11 is 0. The number of imide groups is 2. The van der Waals surface area contributed by atoms with E-state index in [1.807, 2.05) is 13.0 Å². The van der Waals surface area contributed by atoms with Gasteiger partial charge in [-0.3, -0.25) is 34.3 Å². The maximum absolute atomic E-state index is 13.0. The molecule has 1 unspecified atom stereocenters. The maximum atomic E-state index is 13.0. The van der Waals surface area contributed by atoms with Gasteiger partial charge in [-0.2, -0.15) is 0 Å². The largest absolute Gasteiger partial charge is 0.323 e. The van der Waals surface area contributed by atoms with E-state index >= 15 is 0 Å². The van der Waals surface area contributed by atoms with Crippen molar-refractivity contribution >= 4 is 23.6 Å². The van der Waals surface area contributed by atoms with E-state index in [4.69, 9.17) is 5.73 Å². The molecule has 1 aromatic carbocycles. The lowest BCUT2D eigenvalue weighted by molar-refractivity contribution is -0.136. The highest BCUT2D eigenvalue weighted by Crippen LogP contribution is 2.31. The molecule has 136 valence electrons. The summed E-state index contributed by atoms with van der Waals surface area (Å²) in [6.45, 7) is 3.93. The van der Waals surface area contributed by atoms with Crippen LogP contribution in [0.2, 0.25) is 0 Å². The summed E-state index contributed by atoms with van der Waals surface area (Å²) < 4.78 is 0. The highest BCUT2D eigenvalue weighted by Gasteiger charge is 2.46. The molecule has 2 saturated heterocycles. The number of nitrogens with two attached hydrogens (primary N) is 1. The van der Waals surface area contributed by atoms with Crippen LogP contribution in [0, 0.1) is 0 Å². The van der Waals surface area contributed by atoms with Crippen LogP contribution in [-0.2, 0) is 16.1 Å². The average molecular weight is 356 g/mol. The van der Waals surface area contributed by atoms with Crippen LogP contribution < -0.4 is 11.1 Å². The van der Waals surface area contributed by atoms with Gasteiger partial charge >= 0.3 is 0 Å². The molecule has 3 aliphatic heterocycles. The van der Waals surface area contributed by atoms with Gasteiger partial charge in [0.15, 0.2) is 0 Å². The Morgan fingerprint density at radius 1 is 1.19 bits per heavy atom. The zero-order chi connectivity index (χ0) is 18.6. The Morgan fingerprint density at radius 3 is 2.58 bits per heavy atom. The molecule has 3 N–H and O–H groups in total. The molecular weight excluding hydrogens is 336 g/mol. The van der Waals surface area contributed by atoms with E-state index in [1.54, 1.807) is 12.1 Å². The Bertz CT molecular complexity index is 840. The van der Waals surface area contributed by atoms with Crippen molar-refractivity contribution in [1.29, 1.82) is 0 Å². The lowest BCUT2D eigenvalue weighted by atomic mass is 9.92. The van der Waals surface area contributed by atoms with Gasteiger partial charge < -0.3 is 5.73 Å². The molecular formula is C18H20N4O4. The van der Waals surface area contributed by atoms with Crippen LogP contribution in [0.3, 0.4) is 0 Å². The Kier molecular flexibility index (Phi) is 3.71. The predicted molar refractivity (Wildman–Crippen MR) is 91.0 cm³/mol. The van der Waals surface area contributed by atoms with Crippen molar-refractivity contribution in [3.63, 3.8) is 0 Å². The van der Waals surface area contributed by atoms with E-state index in [2.05, 4.69) is 10.2 Å². The van der Waals surface area contributed by atoms with Crippen molar-refractivity contribution in [2.45, 2.75) is 37.9 Å². The molecule has 1 atom stereocenters. The molecule has 3 aliphatic rings. The Hall–Kier alpha value is -2.58. The molecule has 0 spiro atoms. The van der Waals surface area contributed by atoms with Crippen molar-refractivity contribution < 1.29 is 19.2 Å². The van der Waals surface area contributed by atoms with Crippen LogP contribution in [0.4, 0.5) is 0 Å². The van der Waals surface area contributed by atoms with Gasteiger partial charge in [0.25, 0.3) is 11.8 Å². The van der Waals surface area contributed by atoms with Gasteiger partial charge in [0, 0.05) is 31.6 Å². The highest BCUT2D eigenvalue weighted by atomic mass is 16.2. The number of amides is 4. The van der Waals surface area contributed by atoms with E-state index in [-0.39, 0.29) is 24.3 Å². The Morgan fingerprint density at radius 2 is 1.92 bits per heavy atom. The number of benzene rings is 1. The summed E-state index contributed by atoms with van der Waals surface area (Å²) in [6, 6.07) is 4.23. The van der Waals surface area contributed by atoms with E-state index in [1.165, 1.54) is 0 Å². The van der Waals surface area contributed by atoms with Crippen LogP contribution in [0.5, 0.6) is 0 Å². The highest BCUT2D eigenvalue weighted by molar-refractivity contribution is 6.24. The quantitative estimate of drug-likeness (QED) is 0.714. The first-order valence-electron chi connectivity index (χ1n) is 8.61. The van der Waals surface area contributed by atoms with Gasteiger partial charge in [-0.1, -0.05) is 12.1 Å². The second-order valence-corrected chi connectivity index (χ2v) is 7.59. The van der Waals surface area contributed by atoms with Crippen molar-refractivity contribution in [3.05, 3.63) is 34.9 Å². The van der Waals surface area contributed by atoms with E-state index < -0.39 is 23.8 Å². The second kappa shape index (κ2) is 5.72. The number of nitrogens with one attached hydrogen (secondary N) is 1. The molecule has 8 heteroatoms. The minimum Gasteiger partial charge on any atom is -0.323 e. The van der Waals surface area contributed by atoms with Gasteiger partial charge in [0.2, 0.25) is 11.8 Å². The fraction of sp³-hybridized carbons (Fsp3) is 0.444. The summed E-state index contributed by atoms with van der Waals surface area (Å²) in [7, 11) is 0. The fourth-order valence-corrected chi connectivity index (χ4v) is 4.04. The van der Waals surface area contributed by atoms with Gasteiger partial charge in [-0.25, -0.2) is 0 Å². The molecule has 0 saturated carbocycles. The molecule has 0 radical (unpaired) electrons. The lowest BCUT2D eigenvalue weighted by Gasteiger charge is -2.45. The molecule has 2 fully saturated rings. The van der Waals surface area contributed by atoms with Crippen molar-refractivity contribution in [3.8, 4) is 0 Å². The zero-order valence-corrected chi connectivity index (χ0v) is 14.4. The number of hydrogen-bond acceptors (Lipinski definition) is 6. The van der Waals surface area contributed by atoms with E-state index in [9.17, 15) is 19.2 Å². The standard InChI is InChI=1S/C18H20N4O4/c1-18(19)8-21(9-18)7-10-3-2-4-11-14(10)17(26)22(16(11)25)12-5-6-13(23)20-15(12)24/h2-4,12H,5-9,19H2,1H3,(H,20,23,24). The van der Waals surface area contributed by atoms with Crippen LogP contribution in [0.25, 0.3) is 0 Å². The SMILES string of the molecule is CC1(N)CN(Cc2cccc3c2C(=O)N(C2CCC(=O)NC2=O)C3=O)C1. The fourth-order valence-electron chi connectivity index (χ4n) is 4.04. The number of carbonyl (C=O) groups excluding carboxylic acids is 4. The van der Waals surface area contributed by atoms with Crippen molar-refractivity contribution in [2.75, 3.05) is 13.1 Å². The second-order valence-electron chi connectivity index (χ2n) is 7.59. The molecule has 0 aromatic heterocycles. The number of piperidine rings is 1. The average Bonchev–Trinajstić information content (AvgIpc) is 2.79. The molecule has 0 aliphatic carbocycles. The maximum Gasteiger partial charge on any atom is 0.262 e. The lowest BCUT2D eigenvalue weighted by Crippen LogP contribution is -2.64. The summed E-state index contributed by atoms with van der Waals surface area (Å²) in [6.07, 6.45) is 0.267. The molecule has 1 aromatic rings. The third kappa shape index (κ3) is 2.62. The summed E-state index contributed by atoms with van der Waals surface area (Å²) in [5.41, 5.74) is 7.23. The van der Waals surface area contributed by atoms with Gasteiger partial charge in [0.1, 0.15) is 6.04 Å². The summed E-state index contributed by atoms with van der Waals surface area (Å²) in [5, 5.41) is 2.20. The Labute approximate surface area is 150 Å². The van der Waals surface area contributed by atoms with Crippen LogP contribution >= 0.6 is 0 Å². The smallest absolute Gasteiger partial charge is 0.262 e. The minimum atomic E-state index is -0.940. The number of likely N-dealkylation sites (tertiary alicyclic amines) is 1. The third-order valence-electron chi connectivity index (χ3n) is 5.12. The number of hydrogen-bond donors (Lipinski definition) is 2.